The second-order valence-corrected chi connectivity index (χ2v) is 7.53. The van der Waals surface area contributed by atoms with Crippen LogP contribution in [0, 0.1) is 5.92 Å². The van der Waals surface area contributed by atoms with Crippen molar-refractivity contribution in [2.45, 2.75) is 50.0 Å². The summed E-state index contributed by atoms with van der Waals surface area (Å²) in [7, 11) is 0. The predicted octanol–water partition coefficient (Wildman–Crippen LogP) is 3.62. The third-order valence-corrected chi connectivity index (χ3v) is 6.14. The zero-order chi connectivity index (χ0) is 16.9. The molecule has 0 amide bonds. The van der Waals surface area contributed by atoms with Crippen molar-refractivity contribution in [1.82, 2.24) is 14.8 Å². The van der Waals surface area contributed by atoms with Gasteiger partial charge in [0.1, 0.15) is 12.1 Å². The molecule has 1 aliphatic heterocycles. The third kappa shape index (κ3) is 2.18. The van der Waals surface area contributed by atoms with Crippen molar-refractivity contribution in [2.24, 2.45) is 5.92 Å². The number of hydrogen-bond acceptors (Lipinski definition) is 4. The van der Waals surface area contributed by atoms with Crippen LogP contribution in [-0.2, 0) is 10.3 Å². The number of ketones is 1. The molecule has 1 saturated carbocycles. The van der Waals surface area contributed by atoms with Gasteiger partial charge in [-0.2, -0.15) is 10.1 Å². The number of carbonyl (C=O) groups is 1. The van der Waals surface area contributed by atoms with Gasteiger partial charge >= 0.3 is 0 Å². The lowest BCUT2D eigenvalue weighted by molar-refractivity contribution is -0.127. The highest BCUT2D eigenvalue weighted by Crippen LogP contribution is 2.51. The summed E-state index contributed by atoms with van der Waals surface area (Å²) in [6, 6.07) is 10.3. The number of rotatable bonds is 1. The smallest absolute Gasteiger partial charge is 0.225 e. The van der Waals surface area contributed by atoms with E-state index < -0.39 is 0 Å². The molecule has 0 saturated heterocycles. The lowest BCUT2D eigenvalue weighted by Gasteiger charge is -2.48. The number of aromatic nitrogens is 3. The molecule has 5 heteroatoms. The number of allylic oxidation sites excluding steroid dienone is 2. The fraction of sp³-hybridized carbons (Fsp3) is 0.450. The Kier molecular flexibility index (Phi) is 3.30. The lowest BCUT2D eigenvalue weighted by Crippen LogP contribution is -2.53. The standard InChI is InChI=1S/C20H22N4O/c25-17-12-15(14-7-3-1-4-8-14)11-16-18(17)20(9-5-2-6-10-20)24-19(23-16)21-13-22-24/h1,3-4,7-8,11,13,15,18H,2,5-6,9-10,12H2,(H,21,22,23)/t15-,18+/m0/s1. The molecule has 128 valence electrons. The Bertz CT molecular complexity index is 832. The number of nitrogens with zero attached hydrogens (tertiary/aromatic N) is 3. The molecular formula is C20H22N4O. The van der Waals surface area contributed by atoms with E-state index in [0.717, 1.165) is 37.3 Å². The van der Waals surface area contributed by atoms with Crippen molar-refractivity contribution >= 4 is 11.7 Å². The van der Waals surface area contributed by atoms with E-state index in [1.165, 1.54) is 12.0 Å². The van der Waals surface area contributed by atoms with E-state index in [2.05, 4.69) is 33.6 Å². The molecule has 5 rings (SSSR count). The van der Waals surface area contributed by atoms with Gasteiger partial charge in [0.25, 0.3) is 0 Å². The topological polar surface area (TPSA) is 59.8 Å². The molecule has 0 bridgehead atoms. The van der Waals surface area contributed by atoms with Crippen LogP contribution in [0.15, 0.2) is 48.4 Å². The number of hydrogen-bond donors (Lipinski definition) is 1. The Morgan fingerprint density at radius 3 is 2.72 bits per heavy atom. The summed E-state index contributed by atoms with van der Waals surface area (Å²) in [6.07, 6.45) is 10.0. The molecule has 1 fully saturated rings. The number of benzene rings is 1. The summed E-state index contributed by atoms with van der Waals surface area (Å²) in [5.74, 6) is 1.15. The number of carbonyl (C=O) groups excluding carboxylic acids is 1. The first-order valence-corrected chi connectivity index (χ1v) is 9.25. The second kappa shape index (κ2) is 5.55. The lowest BCUT2D eigenvalue weighted by atomic mass is 9.65. The molecule has 1 aromatic heterocycles. The van der Waals surface area contributed by atoms with Crippen LogP contribution in [0.5, 0.6) is 0 Å². The summed E-state index contributed by atoms with van der Waals surface area (Å²) in [5.41, 5.74) is 2.01. The van der Waals surface area contributed by atoms with Gasteiger partial charge in [-0.3, -0.25) is 4.79 Å². The highest BCUT2D eigenvalue weighted by atomic mass is 16.1. The van der Waals surface area contributed by atoms with E-state index in [9.17, 15) is 4.79 Å². The Labute approximate surface area is 147 Å². The van der Waals surface area contributed by atoms with Gasteiger partial charge < -0.3 is 5.32 Å². The van der Waals surface area contributed by atoms with Crippen molar-refractivity contribution < 1.29 is 4.79 Å². The minimum absolute atomic E-state index is 0.109. The van der Waals surface area contributed by atoms with Gasteiger partial charge in [0.05, 0.1) is 11.5 Å². The first-order valence-electron chi connectivity index (χ1n) is 9.25. The maximum atomic E-state index is 13.3. The van der Waals surface area contributed by atoms with Crippen LogP contribution in [0.4, 0.5) is 5.95 Å². The summed E-state index contributed by atoms with van der Waals surface area (Å²) in [4.78, 5) is 17.7. The van der Waals surface area contributed by atoms with Gasteiger partial charge in [0.2, 0.25) is 5.95 Å². The van der Waals surface area contributed by atoms with Gasteiger partial charge in [0, 0.05) is 18.0 Å². The third-order valence-electron chi connectivity index (χ3n) is 6.14. The fourth-order valence-corrected chi connectivity index (χ4v) is 5.07. The summed E-state index contributed by atoms with van der Waals surface area (Å²) >= 11 is 0. The molecule has 3 aliphatic rings. The van der Waals surface area contributed by atoms with Gasteiger partial charge in [-0.15, -0.1) is 0 Å². The second-order valence-electron chi connectivity index (χ2n) is 7.53. The van der Waals surface area contributed by atoms with E-state index in [4.69, 9.17) is 0 Å². The van der Waals surface area contributed by atoms with Gasteiger partial charge in [-0.05, 0) is 18.4 Å². The van der Waals surface area contributed by atoms with Gasteiger partial charge in [-0.1, -0.05) is 55.7 Å². The van der Waals surface area contributed by atoms with Crippen molar-refractivity contribution in [3.63, 3.8) is 0 Å². The van der Waals surface area contributed by atoms with Crippen molar-refractivity contribution in [2.75, 3.05) is 5.32 Å². The minimum Gasteiger partial charge on any atom is -0.328 e. The van der Waals surface area contributed by atoms with E-state index in [1.807, 2.05) is 22.9 Å². The van der Waals surface area contributed by atoms with Crippen molar-refractivity contribution in [3.05, 3.63) is 54.0 Å². The number of fused-ring (bicyclic) bond motifs is 4. The fourth-order valence-electron chi connectivity index (χ4n) is 5.07. The van der Waals surface area contributed by atoms with Crippen LogP contribution < -0.4 is 5.32 Å². The van der Waals surface area contributed by atoms with E-state index in [-0.39, 0.29) is 17.4 Å². The Balaban J connectivity index is 1.62. The molecule has 0 unspecified atom stereocenters. The molecule has 2 aliphatic carbocycles. The molecule has 2 heterocycles. The largest absolute Gasteiger partial charge is 0.328 e. The highest BCUT2D eigenvalue weighted by Gasteiger charge is 2.53. The van der Waals surface area contributed by atoms with Crippen LogP contribution in [-0.4, -0.2) is 20.5 Å². The summed E-state index contributed by atoms with van der Waals surface area (Å²) in [6.45, 7) is 0. The molecular weight excluding hydrogens is 312 g/mol. The van der Waals surface area contributed by atoms with E-state index in [0.29, 0.717) is 12.2 Å². The molecule has 0 radical (unpaired) electrons. The molecule has 1 aromatic carbocycles. The SMILES string of the molecule is O=C1C[C@@H](c2ccccc2)C=C2Nc3ncnn3C3(CCCCC3)[C@@H]12. The molecule has 1 N–H and O–H groups in total. The highest BCUT2D eigenvalue weighted by molar-refractivity contribution is 5.89. The van der Waals surface area contributed by atoms with Crippen LogP contribution in [0.2, 0.25) is 0 Å². The van der Waals surface area contributed by atoms with E-state index >= 15 is 0 Å². The molecule has 2 atom stereocenters. The summed E-state index contributed by atoms with van der Waals surface area (Å²) in [5, 5.41) is 7.91. The monoisotopic (exact) mass is 334 g/mol. The van der Waals surface area contributed by atoms with E-state index in [1.54, 1.807) is 6.33 Å². The zero-order valence-electron chi connectivity index (χ0n) is 14.2. The maximum absolute atomic E-state index is 13.3. The Hall–Kier alpha value is -2.43. The molecule has 2 aromatic rings. The predicted molar refractivity (Wildman–Crippen MR) is 95.1 cm³/mol. The number of nitrogens with one attached hydrogen (secondary N) is 1. The molecule has 5 nitrogen and oxygen atoms in total. The number of anilines is 1. The van der Waals surface area contributed by atoms with Gasteiger partial charge in [0.15, 0.2) is 0 Å². The zero-order valence-corrected chi connectivity index (χ0v) is 14.2. The average Bonchev–Trinajstić information content (AvgIpc) is 3.12. The van der Waals surface area contributed by atoms with Crippen molar-refractivity contribution in [3.8, 4) is 0 Å². The van der Waals surface area contributed by atoms with Crippen LogP contribution in [0.25, 0.3) is 0 Å². The maximum Gasteiger partial charge on any atom is 0.225 e. The first-order chi connectivity index (χ1) is 12.3. The number of Topliss-reactive ketones (excluding diaryl/α,β-unsaturated/α-hetero) is 1. The summed E-state index contributed by atoms with van der Waals surface area (Å²) < 4.78 is 2.01. The normalized spacial score (nSPS) is 27.2. The van der Waals surface area contributed by atoms with Crippen LogP contribution in [0.3, 0.4) is 0 Å². The first kappa shape index (κ1) is 14.9. The Morgan fingerprint density at radius 1 is 1.12 bits per heavy atom. The van der Waals surface area contributed by atoms with Gasteiger partial charge in [-0.25, -0.2) is 4.68 Å². The van der Waals surface area contributed by atoms with Crippen LogP contribution >= 0.6 is 0 Å². The molecule has 1 spiro atoms. The van der Waals surface area contributed by atoms with Crippen molar-refractivity contribution in [1.29, 1.82) is 0 Å². The quantitative estimate of drug-likeness (QED) is 0.865. The van der Waals surface area contributed by atoms with Crippen LogP contribution in [0.1, 0.15) is 50.0 Å². The Morgan fingerprint density at radius 2 is 1.92 bits per heavy atom. The average molecular weight is 334 g/mol. The minimum atomic E-state index is -0.222. The molecule has 25 heavy (non-hydrogen) atoms.